The Morgan fingerprint density at radius 2 is 2.12 bits per heavy atom. The normalized spacial score (nSPS) is 15.1. The van der Waals surface area contributed by atoms with Crippen LogP contribution in [0.2, 0.25) is 0 Å². The minimum atomic E-state index is -1.15. The van der Waals surface area contributed by atoms with E-state index in [4.69, 9.17) is 5.11 Å². The summed E-state index contributed by atoms with van der Waals surface area (Å²) in [5, 5.41) is 9.55. The molecule has 1 heterocycles. The Labute approximate surface area is 96.1 Å². The lowest BCUT2D eigenvalue weighted by Crippen LogP contribution is -2.07. The number of carboxylic acids is 1. The zero-order valence-corrected chi connectivity index (χ0v) is 8.85. The van der Waals surface area contributed by atoms with Crippen LogP contribution in [-0.2, 0) is 0 Å². The van der Waals surface area contributed by atoms with Crippen molar-refractivity contribution in [3.8, 4) is 0 Å². The van der Waals surface area contributed by atoms with Crippen LogP contribution in [-0.4, -0.2) is 21.0 Å². The summed E-state index contributed by atoms with van der Waals surface area (Å²) < 4.78 is 13.2. The molecule has 1 fully saturated rings. The predicted octanol–water partition coefficient (Wildman–Crippen LogP) is 2.34. The van der Waals surface area contributed by atoms with Crippen molar-refractivity contribution in [1.82, 2.24) is 9.97 Å². The van der Waals surface area contributed by atoms with Crippen LogP contribution in [0.1, 0.15) is 35.1 Å². The van der Waals surface area contributed by atoms with Crippen molar-refractivity contribution in [2.24, 2.45) is 0 Å². The highest BCUT2D eigenvalue weighted by atomic mass is 19.1. The average molecular weight is 232 g/mol. The molecule has 0 spiro atoms. The molecule has 3 rings (SSSR count). The van der Waals surface area contributed by atoms with E-state index < -0.39 is 5.97 Å². The van der Waals surface area contributed by atoms with Crippen LogP contribution in [0, 0.1) is 5.82 Å². The second kappa shape index (κ2) is 3.48. The van der Waals surface area contributed by atoms with Gasteiger partial charge in [0, 0.05) is 11.3 Å². The number of hydrogen-bond acceptors (Lipinski definition) is 3. The lowest BCUT2D eigenvalue weighted by atomic mass is 10.1. The standard InChI is InChI=1S/C12H9FN2O2/c13-7-3-4-9-8(5-7)10(6-1-2-6)15-11(14-9)12(16)17/h3-6H,1-2H2,(H,16,17). The zero-order chi connectivity index (χ0) is 12.0. The van der Waals surface area contributed by atoms with E-state index in [1.165, 1.54) is 18.2 Å². The fraction of sp³-hybridized carbons (Fsp3) is 0.250. The summed E-state index contributed by atoms with van der Waals surface area (Å²) in [7, 11) is 0. The second-order valence-corrected chi connectivity index (χ2v) is 4.17. The molecule has 0 unspecified atom stereocenters. The van der Waals surface area contributed by atoms with Gasteiger partial charge < -0.3 is 5.11 Å². The van der Waals surface area contributed by atoms with Crippen LogP contribution in [0.15, 0.2) is 18.2 Å². The van der Waals surface area contributed by atoms with E-state index >= 15 is 0 Å². The van der Waals surface area contributed by atoms with Crippen LogP contribution in [0.5, 0.6) is 0 Å². The quantitative estimate of drug-likeness (QED) is 0.863. The molecule has 1 aromatic carbocycles. The van der Waals surface area contributed by atoms with Gasteiger partial charge in [0.15, 0.2) is 0 Å². The summed E-state index contributed by atoms with van der Waals surface area (Å²) in [6.45, 7) is 0. The van der Waals surface area contributed by atoms with E-state index in [0.717, 1.165) is 12.8 Å². The van der Waals surface area contributed by atoms with Gasteiger partial charge in [0.25, 0.3) is 0 Å². The van der Waals surface area contributed by atoms with Gasteiger partial charge in [-0.1, -0.05) is 0 Å². The number of nitrogens with zero attached hydrogens (tertiary/aromatic N) is 2. The first-order valence-electron chi connectivity index (χ1n) is 5.35. The third-order valence-electron chi connectivity index (χ3n) is 2.84. The van der Waals surface area contributed by atoms with E-state index in [-0.39, 0.29) is 17.6 Å². The van der Waals surface area contributed by atoms with Gasteiger partial charge in [-0.15, -0.1) is 0 Å². The second-order valence-electron chi connectivity index (χ2n) is 4.17. The Morgan fingerprint density at radius 3 is 2.76 bits per heavy atom. The first-order chi connectivity index (χ1) is 8.15. The smallest absolute Gasteiger partial charge is 0.373 e. The molecule has 1 aliphatic carbocycles. The number of halogens is 1. The maximum absolute atomic E-state index is 13.2. The molecule has 4 nitrogen and oxygen atoms in total. The number of hydrogen-bond donors (Lipinski definition) is 1. The van der Waals surface area contributed by atoms with Crippen molar-refractivity contribution >= 4 is 16.9 Å². The summed E-state index contributed by atoms with van der Waals surface area (Å²) in [4.78, 5) is 18.8. The Morgan fingerprint density at radius 1 is 1.35 bits per heavy atom. The van der Waals surface area contributed by atoms with Gasteiger partial charge in [-0.2, -0.15) is 0 Å². The number of benzene rings is 1. The van der Waals surface area contributed by atoms with Gasteiger partial charge in [-0.05, 0) is 31.0 Å². The molecule has 2 aromatic rings. The molecule has 0 bridgehead atoms. The van der Waals surface area contributed by atoms with E-state index in [0.29, 0.717) is 16.6 Å². The lowest BCUT2D eigenvalue weighted by molar-refractivity contribution is 0.0683. The maximum Gasteiger partial charge on any atom is 0.373 e. The summed E-state index contributed by atoms with van der Waals surface area (Å²) in [6, 6.07) is 4.14. The van der Waals surface area contributed by atoms with Crippen molar-refractivity contribution < 1.29 is 14.3 Å². The number of rotatable bonds is 2. The van der Waals surface area contributed by atoms with E-state index in [1.807, 2.05) is 0 Å². The Kier molecular flexibility index (Phi) is 2.07. The summed E-state index contributed by atoms with van der Waals surface area (Å²) >= 11 is 0. The minimum Gasteiger partial charge on any atom is -0.475 e. The van der Waals surface area contributed by atoms with Crippen molar-refractivity contribution in [3.05, 3.63) is 35.5 Å². The molecule has 0 aliphatic heterocycles. The number of aromatic nitrogens is 2. The monoisotopic (exact) mass is 232 g/mol. The van der Waals surface area contributed by atoms with E-state index in [2.05, 4.69) is 9.97 Å². The van der Waals surface area contributed by atoms with Gasteiger partial charge in [0.1, 0.15) is 5.82 Å². The van der Waals surface area contributed by atoms with E-state index in [1.54, 1.807) is 0 Å². The summed E-state index contributed by atoms with van der Waals surface area (Å²) in [5.41, 5.74) is 1.15. The highest BCUT2D eigenvalue weighted by Gasteiger charge is 2.28. The molecule has 1 aliphatic rings. The summed E-state index contributed by atoms with van der Waals surface area (Å²) in [6.07, 6.45) is 1.95. The van der Waals surface area contributed by atoms with Crippen molar-refractivity contribution in [2.45, 2.75) is 18.8 Å². The predicted molar refractivity (Wildman–Crippen MR) is 58.4 cm³/mol. The first-order valence-corrected chi connectivity index (χ1v) is 5.35. The lowest BCUT2D eigenvalue weighted by Gasteiger charge is -2.05. The van der Waals surface area contributed by atoms with Crippen LogP contribution < -0.4 is 0 Å². The Balaban J connectivity index is 2.31. The minimum absolute atomic E-state index is 0.217. The van der Waals surface area contributed by atoms with Gasteiger partial charge in [0.2, 0.25) is 5.82 Å². The number of aromatic carboxylic acids is 1. The Bertz CT molecular complexity index is 623. The molecule has 1 aromatic heterocycles. The molecule has 0 saturated heterocycles. The van der Waals surface area contributed by atoms with Gasteiger partial charge in [-0.25, -0.2) is 19.2 Å². The highest BCUT2D eigenvalue weighted by Crippen LogP contribution is 2.41. The third kappa shape index (κ3) is 1.73. The largest absolute Gasteiger partial charge is 0.475 e. The van der Waals surface area contributed by atoms with Crippen LogP contribution in [0.3, 0.4) is 0 Å². The SMILES string of the molecule is O=C(O)c1nc(C2CC2)c2cc(F)ccc2n1. The number of fused-ring (bicyclic) bond motifs is 1. The first kappa shape index (κ1) is 10.1. The van der Waals surface area contributed by atoms with Gasteiger partial charge in [0.05, 0.1) is 11.2 Å². The molecule has 0 radical (unpaired) electrons. The highest BCUT2D eigenvalue weighted by molar-refractivity contribution is 5.89. The topological polar surface area (TPSA) is 63.1 Å². The molecule has 0 atom stereocenters. The maximum atomic E-state index is 13.2. The molecule has 1 N–H and O–H groups in total. The molecule has 17 heavy (non-hydrogen) atoms. The fourth-order valence-corrected chi connectivity index (χ4v) is 1.89. The van der Waals surface area contributed by atoms with Crippen LogP contribution in [0.4, 0.5) is 4.39 Å². The van der Waals surface area contributed by atoms with Crippen molar-refractivity contribution in [3.63, 3.8) is 0 Å². The third-order valence-corrected chi connectivity index (χ3v) is 2.84. The molecule has 0 amide bonds. The van der Waals surface area contributed by atoms with Gasteiger partial charge in [-0.3, -0.25) is 0 Å². The van der Waals surface area contributed by atoms with Crippen LogP contribution >= 0.6 is 0 Å². The molecule has 5 heteroatoms. The molecular formula is C12H9FN2O2. The Hall–Kier alpha value is -2.04. The number of carboxylic acid groups (broad SMARTS) is 1. The van der Waals surface area contributed by atoms with Crippen molar-refractivity contribution in [1.29, 1.82) is 0 Å². The number of carbonyl (C=O) groups is 1. The molecular weight excluding hydrogens is 223 g/mol. The average Bonchev–Trinajstić information content (AvgIpc) is 3.11. The fourth-order valence-electron chi connectivity index (χ4n) is 1.89. The van der Waals surface area contributed by atoms with Crippen molar-refractivity contribution in [2.75, 3.05) is 0 Å². The van der Waals surface area contributed by atoms with Gasteiger partial charge >= 0.3 is 5.97 Å². The zero-order valence-electron chi connectivity index (χ0n) is 8.85. The molecule has 86 valence electrons. The van der Waals surface area contributed by atoms with E-state index in [9.17, 15) is 9.18 Å². The van der Waals surface area contributed by atoms with Crippen LogP contribution in [0.25, 0.3) is 10.9 Å². The molecule has 1 saturated carbocycles. The summed E-state index contributed by atoms with van der Waals surface area (Å²) in [5.74, 6) is -1.48.